The van der Waals surface area contributed by atoms with E-state index in [1.807, 2.05) is 18.2 Å². The van der Waals surface area contributed by atoms with Gasteiger partial charge in [-0.2, -0.15) is 0 Å². The van der Waals surface area contributed by atoms with Crippen molar-refractivity contribution < 1.29 is 4.79 Å². The number of amides is 1. The molecule has 3 nitrogen and oxygen atoms in total. The monoisotopic (exact) mass is 294 g/mol. The van der Waals surface area contributed by atoms with Crippen LogP contribution in [0.3, 0.4) is 0 Å². The second kappa shape index (κ2) is 5.84. The molecule has 0 saturated heterocycles. The molecule has 2 atom stereocenters. The second-order valence-electron chi connectivity index (χ2n) is 6.35. The van der Waals surface area contributed by atoms with Gasteiger partial charge in [0.05, 0.1) is 11.4 Å². The Labute approximate surface area is 131 Å². The van der Waals surface area contributed by atoms with Crippen molar-refractivity contribution >= 4 is 17.3 Å². The van der Waals surface area contributed by atoms with Crippen LogP contribution in [0, 0.1) is 5.92 Å². The Hall–Kier alpha value is -2.29. The maximum Gasteiger partial charge on any atom is 0.228 e. The van der Waals surface area contributed by atoms with Crippen LogP contribution in [0.15, 0.2) is 48.5 Å². The number of carbonyl (C=O) groups excluding carboxylic acids is 1. The fraction of sp³-hybridized carbons (Fsp3) is 0.316. The number of hydrogen-bond donors (Lipinski definition) is 2. The predicted molar refractivity (Wildman–Crippen MR) is 90.9 cm³/mol. The molecule has 2 aromatic rings. The minimum absolute atomic E-state index is 0.0597. The minimum Gasteiger partial charge on any atom is -0.397 e. The van der Waals surface area contributed by atoms with E-state index >= 15 is 0 Å². The lowest BCUT2D eigenvalue weighted by Crippen LogP contribution is -2.15. The van der Waals surface area contributed by atoms with Crippen LogP contribution < -0.4 is 11.1 Å². The van der Waals surface area contributed by atoms with Crippen molar-refractivity contribution in [3.8, 4) is 0 Å². The predicted octanol–water partition coefficient (Wildman–Crippen LogP) is 4.13. The van der Waals surface area contributed by atoms with Crippen molar-refractivity contribution in [1.82, 2.24) is 0 Å². The van der Waals surface area contributed by atoms with Gasteiger partial charge in [-0.3, -0.25) is 4.79 Å². The molecule has 114 valence electrons. The summed E-state index contributed by atoms with van der Waals surface area (Å²) in [6.07, 6.45) is 0.916. The van der Waals surface area contributed by atoms with Crippen LogP contribution in [0.1, 0.15) is 43.2 Å². The summed E-state index contributed by atoms with van der Waals surface area (Å²) in [5.74, 6) is 1.000. The Morgan fingerprint density at radius 1 is 1.14 bits per heavy atom. The van der Waals surface area contributed by atoms with Gasteiger partial charge >= 0.3 is 0 Å². The lowest BCUT2D eigenvalue weighted by atomic mass is 10.00. The normalized spacial score (nSPS) is 20.0. The standard InChI is InChI=1S/C19H22N2O/c1-12(2)13-7-9-14(10-8-13)15-11-16(15)19(22)21-18-6-4-3-5-17(18)20/h3-10,12,15-16H,11,20H2,1-2H3,(H,21,22). The highest BCUT2D eigenvalue weighted by Gasteiger charge is 2.43. The van der Waals surface area contributed by atoms with Crippen molar-refractivity contribution in [2.45, 2.75) is 32.1 Å². The molecule has 1 aliphatic carbocycles. The number of nitrogens with one attached hydrogen (secondary N) is 1. The highest BCUT2D eigenvalue weighted by atomic mass is 16.2. The molecule has 2 aromatic carbocycles. The Morgan fingerprint density at radius 2 is 1.82 bits per heavy atom. The third kappa shape index (κ3) is 2.98. The first-order valence-electron chi connectivity index (χ1n) is 7.81. The van der Waals surface area contributed by atoms with Crippen LogP contribution in [0.5, 0.6) is 0 Å². The van der Waals surface area contributed by atoms with E-state index in [1.165, 1.54) is 11.1 Å². The van der Waals surface area contributed by atoms with Crippen LogP contribution in [-0.2, 0) is 4.79 Å². The molecule has 1 amide bonds. The number of carbonyl (C=O) groups is 1. The molecule has 3 heteroatoms. The van der Waals surface area contributed by atoms with Crippen LogP contribution in [0.4, 0.5) is 11.4 Å². The van der Waals surface area contributed by atoms with E-state index < -0.39 is 0 Å². The maximum atomic E-state index is 12.3. The fourth-order valence-electron chi connectivity index (χ4n) is 2.82. The molecule has 0 aromatic heterocycles. The zero-order valence-electron chi connectivity index (χ0n) is 13.0. The zero-order valence-corrected chi connectivity index (χ0v) is 13.0. The first-order valence-corrected chi connectivity index (χ1v) is 7.81. The van der Waals surface area contributed by atoms with Crippen molar-refractivity contribution in [1.29, 1.82) is 0 Å². The first-order chi connectivity index (χ1) is 10.6. The van der Waals surface area contributed by atoms with Gasteiger partial charge in [0.2, 0.25) is 5.91 Å². The zero-order chi connectivity index (χ0) is 15.7. The van der Waals surface area contributed by atoms with E-state index in [1.54, 1.807) is 6.07 Å². The molecule has 3 rings (SSSR count). The molecular formula is C19H22N2O. The van der Waals surface area contributed by atoms with Crippen molar-refractivity contribution in [2.24, 2.45) is 5.92 Å². The summed E-state index contributed by atoms with van der Waals surface area (Å²) in [7, 11) is 0. The van der Waals surface area contributed by atoms with Gasteiger partial charge in [-0.25, -0.2) is 0 Å². The van der Waals surface area contributed by atoms with Crippen molar-refractivity contribution in [3.63, 3.8) is 0 Å². The Kier molecular flexibility index (Phi) is 3.88. The SMILES string of the molecule is CC(C)c1ccc(C2CC2C(=O)Nc2ccccc2N)cc1. The van der Waals surface area contributed by atoms with Gasteiger partial charge in [0.1, 0.15) is 0 Å². The largest absolute Gasteiger partial charge is 0.397 e. The van der Waals surface area contributed by atoms with E-state index in [0.29, 0.717) is 23.2 Å². The smallest absolute Gasteiger partial charge is 0.228 e. The Balaban J connectivity index is 1.64. The molecule has 3 N–H and O–H groups in total. The minimum atomic E-state index is 0.0597. The summed E-state index contributed by atoms with van der Waals surface area (Å²) < 4.78 is 0. The first kappa shape index (κ1) is 14.6. The molecule has 0 radical (unpaired) electrons. The van der Waals surface area contributed by atoms with Gasteiger partial charge in [-0.1, -0.05) is 50.2 Å². The van der Waals surface area contributed by atoms with Crippen LogP contribution in [-0.4, -0.2) is 5.91 Å². The molecule has 0 heterocycles. The molecule has 1 fully saturated rings. The lowest BCUT2D eigenvalue weighted by molar-refractivity contribution is -0.117. The van der Waals surface area contributed by atoms with E-state index in [0.717, 1.165) is 6.42 Å². The van der Waals surface area contributed by atoms with Gasteiger partial charge in [0.25, 0.3) is 0 Å². The number of anilines is 2. The molecular weight excluding hydrogens is 272 g/mol. The Morgan fingerprint density at radius 3 is 2.45 bits per heavy atom. The number of rotatable bonds is 4. The molecule has 22 heavy (non-hydrogen) atoms. The summed E-state index contributed by atoms with van der Waals surface area (Å²) in [6.45, 7) is 4.37. The number of para-hydroxylation sites is 2. The number of nitrogens with two attached hydrogens (primary N) is 1. The average Bonchev–Trinajstić information content (AvgIpc) is 3.30. The summed E-state index contributed by atoms with van der Waals surface area (Å²) in [4.78, 5) is 12.3. The number of nitrogen functional groups attached to an aromatic ring is 1. The molecule has 0 aliphatic heterocycles. The average molecular weight is 294 g/mol. The van der Waals surface area contributed by atoms with E-state index in [2.05, 4.69) is 43.4 Å². The lowest BCUT2D eigenvalue weighted by Gasteiger charge is -2.08. The number of hydrogen-bond acceptors (Lipinski definition) is 2. The molecule has 0 bridgehead atoms. The van der Waals surface area contributed by atoms with Gasteiger partial charge in [-0.05, 0) is 41.5 Å². The van der Waals surface area contributed by atoms with Crippen LogP contribution in [0.25, 0.3) is 0 Å². The third-order valence-electron chi connectivity index (χ3n) is 4.38. The molecule has 0 spiro atoms. The van der Waals surface area contributed by atoms with E-state index in [4.69, 9.17) is 5.73 Å². The highest BCUT2D eigenvalue weighted by Crippen LogP contribution is 2.48. The molecule has 1 aliphatic rings. The summed E-state index contributed by atoms with van der Waals surface area (Å²) in [5, 5.41) is 2.94. The Bertz CT molecular complexity index is 676. The molecule has 1 saturated carbocycles. The highest BCUT2D eigenvalue weighted by molar-refractivity contribution is 5.97. The third-order valence-corrected chi connectivity index (χ3v) is 4.38. The van der Waals surface area contributed by atoms with Crippen LogP contribution in [0.2, 0.25) is 0 Å². The van der Waals surface area contributed by atoms with Crippen molar-refractivity contribution in [3.05, 3.63) is 59.7 Å². The van der Waals surface area contributed by atoms with Crippen LogP contribution >= 0.6 is 0 Å². The van der Waals surface area contributed by atoms with Gasteiger partial charge in [0, 0.05) is 5.92 Å². The fourth-order valence-corrected chi connectivity index (χ4v) is 2.82. The van der Waals surface area contributed by atoms with Gasteiger partial charge < -0.3 is 11.1 Å². The topological polar surface area (TPSA) is 55.1 Å². The van der Waals surface area contributed by atoms with Crippen molar-refractivity contribution in [2.75, 3.05) is 11.1 Å². The van der Waals surface area contributed by atoms with E-state index in [-0.39, 0.29) is 11.8 Å². The molecule has 2 unspecified atom stereocenters. The van der Waals surface area contributed by atoms with Gasteiger partial charge in [0.15, 0.2) is 0 Å². The van der Waals surface area contributed by atoms with Gasteiger partial charge in [-0.15, -0.1) is 0 Å². The quantitative estimate of drug-likeness (QED) is 0.833. The summed E-state index contributed by atoms with van der Waals surface area (Å²) in [6, 6.07) is 16.0. The second-order valence-corrected chi connectivity index (χ2v) is 6.35. The number of benzene rings is 2. The maximum absolute atomic E-state index is 12.3. The summed E-state index contributed by atoms with van der Waals surface area (Å²) in [5.41, 5.74) is 9.76. The summed E-state index contributed by atoms with van der Waals surface area (Å²) >= 11 is 0. The van der Waals surface area contributed by atoms with E-state index in [9.17, 15) is 4.79 Å².